The van der Waals surface area contributed by atoms with E-state index in [0.717, 1.165) is 16.8 Å². The van der Waals surface area contributed by atoms with Gasteiger partial charge in [0, 0.05) is 12.2 Å². The quantitative estimate of drug-likeness (QED) is 0.786. The molecule has 1 N–H and O–H groups in total. The fraction of sp³-hybridized carbons (Fsp3) is 0.350. The summed E-state index contributed by atoms with van der Waals surface area (Å²) in [6, 6.07) is 17.2. The zero-order valence-corrected chi connectivity index (χ0v) is 16.1. The highest BCUT2D eigenvalue weighted by Crippen LogP contribution is 2.19. The zero-order valence-electron chi connectivity index (χ0n) is 15.3. The fourth-order valence-electron chi connectivity index (χ4n) is 2.91. The van der Waals surface area contributed by atoms with Crippen molar-refractivity contribution in [1.82, 2.24) is 4.72 Å². The van der Waals surface area contributed by atoms with Crippen LogP contribution in [0.25, 0.3) is 0 Å². The number of carbonyl (C=O) groups is 1. The Morgan fingerprint density at radius 3 is 2.52 bits per heavy atom. The standard InChI is InChI=1S/C20H24N2O4S/c1-16-7-9-18(10-8-16)22-14-19(26-15-20(22)23)13-21-27(24,25)12-11-17-5-3-2-4-6-17/h2-10,19,21H,11-15H2,1H3. The van der Waals surface area contributed by atoms with Gasteiger partial charge in [0.2, 0.25) is 10.0 Å². The zero-order chi connectivity index (χ0) is 19.3. The van der Waals surface area contributed by atoms with E-state index >= 15 is 0 Å². The Balaban J connectivity index is 1.54. The number of hydrogen-bond acceptors (Lipinski definition) is 4. The smallest absolute Gasteiger partial charge is 0.253 e. The van der Waals surface area contributed by atoms with Crippen LogP contribution in [0.1, 0.15) is 11.1 Å². The minimum Gasteiger partial charge on any atom is -0.365 e. The van der Waals surface area contributed by atoms with Crippen LogP contribution in [0.5, 0.6) is 0 Å². The summed E-state index contributed by atoms with van der Waals surface area (Å²) in [5.41, 5.74) is 2.89. The molecule has 0 radical (unpaired) electrons. The van der Waals surface area contributed by atoms with Crippen molar-refractivity contribution in [1.29, 1.82) is 0 Å². The van der Waals surface area contributed by atoms with Gasteiger partial charge in [-0.25, -0.2) is 13.1 Å². The Morgan fingerprint density at radius 1 is 1.11 bits per heavy atom. The number of sulfonamides is 1. The molecule has 7 heteroatoms. The van der Waals surface area contributed by atoms with Gasteiger partial charge in [0.15, 0.2) is 0 Å². The van der Waals surface area contributed by atoms with E-state index < -0.39 is 10.0 Å². The molecule has 1 aliphatic rings. The molecule has 3 rings (SSSR count). The molecule has 1 fully saturated rings. The van der Waals surface area contributed by atoms with E-state index in [2.05, 4.69) is 4.72 Å². The number of benzene rings is 2. The first-order valence-electron chi connectivity index (χ1n) is 8.93. The van der Waals surface area contributed by atoms with Gasteiger partial charge in [0.05, 0.1) is 18.4 Å². The predicted octanol–water partition coefficient (Wildman–Crippen LogP) is 1.89. The molecule has 6 nitrogen and oxygen atoms in total. The average molecular weight is 388 g/mol. The number of aryl methyl sites for hydroxylation is 2. The van der Waals surface area contributed by atoms with Crippen molar-refractivity contribution in [3.05, 3.63) is 65.7 Å². The maximum Gasteiger partial charge on any atom is 0.253 e. The third-order valence-corrected chi connectivity index (χ3v) is 5.86. The summed E-state index contributed by atoms with van der Waals surface area (Å²) < 4.78 is 32.6. The van der Waals surface area contributed by atoms with E-state index in [1.165, 1.54) is 0 Å². The molecule has 0 spiro atoms. The van der Waals surface area contributed by atoms with E-state index in [0.29, 0.717) is 13.0 Å². The number of morpholine rings is 1. The van der Waals surface area contributed by atoms with Gasteiger partial charge in [0.25, 0.3) is 5.91 Å². The van der Waals surface area contributed by atoms with Crippen molar-refractivity contribution < 1.29 is 17.9 Å². The fourth-order valence-corrected chi connectivity index (χ4v) is 4.00. The number of nitrogens with zero attached hydrogens (tertiary/aromatic N) is 1. The molecule has 0 aromatic heterocycles. The number of ether oxygens (including phenoxy) is 1. The maximum absolute atomic E-state index is 12.3. The number of rotatable bonds is 7. The summed E-state index contributed by atoms with van der Waals surface area (Å²) in [5, 5.41) is 0. The lowest BCUT2D eigenvalue weighted by Gasteiger charge is -2.33. The third kappa shape index (κ3) is 5.63. The van der Waals surface area contributed by atoms with Gasteiger partial charge >= 0.3 is 0 Å². The highest BCUT2D eigenvalue weighted by atomic mass is 32.2. The number of amides is 1. The molecule has 0 saturated carbocycles. The molecule has 27 heavy (non-hydrogen) atoms. The molecule has 1 amide bonds. The molecular weight excluding hydrogens is 364 g/mol. The van der Waals surface area contributed by atoms with Crippen LogP contribution in [0.2, 0.25) is 0 Å². The lowest BCUT2D eigenvalue weighted by atomic mass is 10.2. The van der Waals surface area contributed by atoms with E-state index in [-0.39, 0.29) is 30.9 Å². The van der Waals surface area contributed by atoms with Crippen molar-refractivity contribution in [2.45, 2.75) is 19.4 Å². The lowest BCUT2D eigenvalue weighted by Crippen LogP contribution is -2.50. The molecule has 144 valence electrons. The van der Waals surface area contributed by atoms with Crippen molar-refractivity contribution >= 4 is 21.6 Å². The first-order valence-corrected chi connectivity index (χ1v) is 10.6. The van der Waals surface area contributed by atoms with E-state index in [1.54, 1.807) is 4.90 Å². The van der Waals surface area contributed by atoms with Gasteiger partial charge in [-0.3, -0.25) is 4.79 Å². The van der Waals surface area contributed by atoms with Crippen molar-refractivity contribution in [2.75, 3.05) is 30.3 Å². The summed E-state index contributed by atoms with van der Waals surface area (Å²) in [5.74, 6) is -0.105. The van der Waals surface area contributed by atoms with Crippen LogP contribution in [0, 0.1) is 6.92 Å². The monoisotopic (exact) mass is 388 g/mol. The second kappa shape index (κ2) is 8.65. The predicted molar refractivity (Wildman–Crippen MR) is 105 cm³/mol. The van der Waals surface area contributed by atoms with E-state index in [4.69, 9.17) is 4.74 Å². The summed E-state index contributed by atoms with van der Waals surface area (Å²) in [6.45, 7) is 2.40. The van der Waals surface area contributed by atoms with E-state index in [1.807, 2.05) is 61.5 Å². The molecule has 0 bridgehead atoms. The summed E-state index contributed by atoms with van der Waals surface area (Å²) >= 11 is 0. The summed E-state index contributed by atoms with van der Waals surface area (Å²) in [4.78, 5) is 13.8. The van der Waals surface area contributed by atoms with Crippen LogP contribution in [0.15, 0.2) is 54.6 Å². The molecule has 1 heterocycles. The highest BCUT2D eigenvalue weighted by molar-refractivity contribution is 7.89. The van der Waals surface area contributed by atoms with Gasteiger partial charge < -0.3 is 9.64 Å². The highest BCUT2D eigenvalue weighted by Gasteiger charge is 2.28. The first kappa shape index (κ1) is 19.5. The Hall–Kier alpha value is -2.22. The first-order chi connectivity index (χ1) is 12.9. The van der Waals surface area contributed by atoms with Gasteiger partial charge in [-0.2, -0.15) is 0 Å². The Bertz CT molecular complexity index is 867. The van der Waals surface area contributed by atoms with Gasteiger partial charge in [-0.15, -0.1) is 0 Å². The average Bonchev–Trinajstić information content (AvgIpc) is 2.68. The number of anilines is 1. The summed E-state index contributed by atoms with van der Waals surface area (Å²) in [7, 11) is -3.41. The number of carbonyl (C=O) groups excluding carboxylic acids is 1. The minimum absolute atomic E-state index is 0.0182. The van der Waals surface area contributed by atoms with Crippen molar-refractivity contribution in [3.63, 3.8) is 0 Å². The molecular formula is C20H24N2O4S. The number of hydrogen-bond donors (Lipinski definition) is 1. The van der Waals surface area contributed by atoms with Crippen LogP contribution in [-0.4, -0.2) is 45.9 Å². The SMILES string of the molecule is Cc1ccc(N2CC(CNS(=O)(=O)CCc3ccccc3)OCC2=O)cc1. The van der Waals surface area contributed by atoms with Gasteiger partial charge in [0.1, 0.15) is 6.61 Å². The Kier molecular flexibility index (Phi) is 6.26. The second-order valence-electron chi connectivity index (χ2n) is 6.68. The molecule has 1 atom stereocenters. The van der Waals surface area contributed by atoms with Gasteiger partial charge in [-0.1, -0.05) is 48.0 Å². The normalized spacial score (nSPS) is 17.9. The largest absolute Gasteiger partial charge is 0.365 e. The third-order valence-electron chi connectivity index (χ3n) is 4.51. The van der Waals surface area contributed by atoms with Crippen LogP contribution in [-0.2, 0) is 26.0 Å². The van der Waals surface area contributed by atoms with Crippen LogP contribution in [0.4, 0.5) is 5.69 Å². The van der Waals surface area contributed by atoms with Crippen molar-refractivity contribution in [3.8, 4) is 0 Å². The minimum atomic E-state index is -3.41. The van der Waals surface area contributed by atoms with Crippen LogP contribution in [0.3, 0.4) is 0 Å². The number of nitrogens with one attached hydrogen (secondary N) is 1. The topological polar surface area (TPSA) is 75.7 Å². The molecule has 1 unspecified atom stereocenters. The second-order valence-corrected chi connectivity index (χ2v) is 8.60. The van der Waals surface area contributed by atoms with Crippen molar-refractivity contribution in [2.24, 2.45) is 0 Å². The van der Waals surface area contributed by atoms with Crippen LogP contribution >= 0.6 is 0 Å². The maximum atomic E-state index is 12.3. The summed E-state index contributed by atoms with van der Waals surface area (Å²) in [6.07, 6.45) is 0.0749. The molecule has 1 saturated heterocycles. The molecule has 1 aliphatic heterocycles. The van der Waals surface area contributed by atoms with Gasteiger partial charge in [-0.05, 0) is 31.0 Å². The Labute approximate surface area is 160 Å². The molecule has 2 aromatic rings. The van der Waals surface area contributed by atoms with Crippen LogP contribution < -0.4 is 9.62 Å². The van der Waals surface area contributed by atoms with E-state index in [9.17, 15) is 13.2 Å². The molecule has 2 aromatic carbocycles. The Morgan fingerprint density at radius 2 is 1.81 bits per heavy atom. The molecule has 0 aliphatic carbocycles. The lowest BCUT2D eigenvalue weighted by molar-refractivity contribution is -0.129.